The molecule has 0 saturated heterocycles. The van der Waals surface area contributed by atoms with Gasteiger partial charge in [-0.1, -0.05) is 11.6 Å². The van der Waals surface area contributed by atoms with Gasteiger partial charge in [-0.05, 0) is 90.1 Å². The number of carbonyl (C=O) groups is 2. The Labute approximate surface area is 172 Å². The molecule has 2 rings (SSSR count). The summed E-state index contributed by atoms with van der Waals surface area (Å²) in [5.74, 6) is 0.377. The first-order valence-corrected chi connectivity index (χ1v) is 9.83. The van der Waals surface area contributed by atoms with Gasteiger partial charge in [-0.25, -0.2) is 0 Å². The zero-order valence-corrected chi connectivity index (χ0v) is 18.1. The summed E-state index contributed by atoms with van der Waals surface area (Å²) >= 11 is 5.87. The maximum atomic E-state index is 13.0. The minimum Gasteiger partial charge on any atom is -0.478 e. The van der Waals surface area contributed by atoms with Crippen LogP contribution in [0.5, 0.6) is 5.75 Å². The highest BCUT2D eigenvalue weighted by Gasteiger charge is 2.36. The summed E-state index contributed by atoms with van der Waals surface area (Å²) in [5, 5.41) is 0.587. The van der Waals surface area contributed by atoms with Gasteiger partial charge in [-0.3, -0.25) is 9.59 Å². The Morgan fingerprint density at radius 1 is 0.857 bits per heavy atom. The molecular weight excluding hydrogens is 374 g/mol. The van der Waals surface area contributed by atoms with Gasteiger partial charge in [0.25, 0.3) is 5.91 Å². The molecule has 0 fully saturated rings. The fourth-order valence-corrected chi connectivity index (χ4v) is 3.28. The molecule has 0 heterocycles. The molecule has 0 saturated carbocycles. The Kier molecular flexibility index (Phi) is 6.89. The average molecular weight is 402 g/mol. The van der Waals surface area contributed by atoms with E-state index in [4.69, 9.17) is 16.3 Å². The van der Waals surface area contributed by atoms with Crippen molar-refractivity contribution in [3.8, 4) is 5.75 Å². The summed E-state index contributed by atoms with van der Waals surface area (Å²) in [6.07, 6.45) is 0. The lowest BCUT2D eigenvalue weighted by Gasteiger charge is -2.37. The maximum absolute atomic E-state index is 13.0. The Hall–Kier alpha value is -2.33. The molecule has 0 spiro atoms. The standard InChI is InChI=1S/C23H28ClNO3/c1-15(2)25(16(3)4)22(27)23(5,6)28-20-13-9-18(10-14-20)21(26)17-7-11-19(24)12-8-17/h7-16H,1-6H3. The van der Waals surface area contributed by atoms with Crippen LogP contribution in [0.25, 0.3) is 0 Å². The minimum absolute atomic E-state index is 0.0705. The van der Waals surface area contributed by atoms with E-state index in [0.29, 0.717) is 21.9 Å². The second-order valence-electron chi connectivity index (χ2n) is 7.87. The van der Waals surface area contributed by atoms with Gasteiger partial charge in [0.1, 0.15) is 5.75 Å². The summed E-state index contributed by atoms with van der Waals surface area (Å²) in [4.78, 5) is 27.4. The van der Waals surface area contributed by atoms with Gasteiger partial charge in [0.2, 0.25) is 0 Å². The van der Waals surface area contributed by atoms with Crippen LogP contribution >= 0.6 is 11.6 Å². The molecule has 28 heavy (non-hydrogen) atoms. The van der Waals surface area contributed by atoms with Crippen molar-refractivity contribution in [2.24, 2.45) is 0 Å². The molecule has 0 unspecified atom stereocenters. The van der Waals surface area contributed by atoms with E-state index >= 15 is 0 Å². The molecule has 0 N–H and O–H groups in total. The number of hydrogen-bond donors (Lipinski definition) is 0. The van der Waals surface area contributed by atoms with E-state index in [1.54, 1.807) is 62.4 Å². The summed E-state index contributed by atoms with van der Waals surface area (Å²) < 4.78 is 5.98. The molecule has 0 radical (unpaired) electrons. The number of ether oxygens (including phenoxy) is 1. The zero-order valence-electron chi connectivity index (χ0n) is 17.3. The highest BCUT2D eigenvalue weighted by molar-refractivity contribution is 6.30. The average Bonchev–Trinajstić information content (AvgIpc) is 2.61. The molecule has 1 amide bonds. The van der Waals surface area contributed by atoms with Crippen LogP contribution in [0.1, 0.15) is 57.5 Å². The number of carbonyl (C=O) groups excluding carboxylic acids is 2. The predicted molar refractivity (Wildman–Crippen MR) is 113 cm³/mol. The molecule has 0 aliphatic rings. The Morgan fingerprint density at radius 2 is 1.29 bits per heavy atom. The van der Waals surface area contributed by atoms with E-state index < -0.39 is 5.60 Å². The van der Waals surface area contributed by atoms with Gasteiger partial charge >= 0.3 is 0 Å². The summed E-state index contributed by atoms with van der Waals surface area (Å²) in [6, 6.07) is 13.8. The van der Waals surface area contributed by atoms with Gasteiger partial charge in [-0.2, -0.15) is 0 Å². The van der Waals surface area contributed by atoms with Gasteiger partial charge in [0.05, 0.1) is 0 Å². The fraction of sp³-hybridized carbons (Fsp3) is 0.391. The van der Waals surface area contributed by atoms with Crippen LogP contribution in [0.4, 0.5) is 0 Å². The van der Waals surface area contributed by atoms with Crippen molar-refractivity contribution in [3.05, 3.63) is 64.7 Å². The van der Waals surface area contributed by atoms with Crippen molar-refractivity contribution in [2.45, 2.75) is 59.2 Å². The Morgan fingerprint density at radius 3 is 1.71 bits per heavy atom. The molecule has 0 aromatic heterocycles. The van der Waals surface area contributed by atoms with E-state index in [1.165, 1.54) is 0 Å². The van der Waals surface area contributed by atoms with Crippen molar-refractivity contribution in [3.63, 3.8) is 0 Å². The quantitative estimate of drug-likeness (QED) is 0.585. The highest BCUT2D eigenvalue weighted by Crippen LogP contribution is 2.24. The SMILES string of the molecule is CC(C)N(C(=O)C(C)(C)Oc1ccc(C(=O)c2ccc(Cl)cc2)cc1)C(C)C. The molecule has 0 aliphatic carbocycles. The Balaban J connectivity index is 2.15. The number of ketones is 1. The van der Waals surface area contributed by atoms with Crippen LogP contribution in [0, 0.1) is 0 Å². The van der Waals surface area contributed by atoms with Crippen LogP contribution in [0.2, 0.25) is 5.02 Å². The summed E-state index contributed by atoms with van der Waals surface area (Å²) in [5.41, 5.74) is 0.0962. The summed E-state index contributed by atoms with van der Waals surface area (Å²) in [6.45, 7) is 11.5. The maximum Gasteiger partial charge on any atom is 0.266 e. The van der Waals surface area contributed by atoms with Gasteiger partial charge in [0.15, 0.2) is 11.4 Å². The molecule has 2 aromatic rings. The van der Waals surface area contributed by atoms with Crippen LogP contribution < -0.4 is 4.74 Å². The van der Waals surface area contributed by atoms with Crippen LogP contribution in [0.3, 0.4) is 0 Å². The van der Waals surface area contributed by atoms with E-state index in [2.05, 4.69) is 0 Å². The topological polar surface area (TPSA) is 46.6 Å². The lowest BCUT2D eigenvalue weighted by molar-refractivity contribution is -0.149. The van der Waals surface area contributed by atoms with E-state index in [0.717, 1.165) is 0 Å². The van der Waals surface area contributed by atoms with Gasteiger partial charge in [-0.15, -0.1) is 0 Å². The third-order valence-electron chi connectivity index (χ3n) is 4.46. The second kappa shape index (κ2) is 8.78. The normalized spacial score (nSPS) is 11.6. The van der Waals surface area contributed by atoms with E-state index in [1.807, 2.05) is 32.6 Å². The van der Waals surface area contributed by atoms with Crippen molar-refractivity contribution in [1.29, 1.82) is 0 Å². The molecule has 0 atom stereocenters. The van der Waals surface area contributed by atoms with Crippen molar-refractivity contribution < 1.29 is 14.3 Å². The molecule has 2 aromatic carbocycles. The molecule has 5 heteroatoms. The summed E-state index contributed by atoms with van der Waals surface area (Å²) in [7, 11) is 0. The third kappa shape index (κ3) is 5.14. The Bertz CT molecular complexity index is 816. The van der Waals surface area contributed by atoms with E-state index in [9.17, 15) is 9.59 Å². The molecule has 4 nitrogen and oxygen atoms in total. The first kappa shape index (κ1) is 22.0. The third-order valence-corrected chi connectivity index (χ3v) is 4.71. The predicted octanol–water partition coefficient (Wildman–Crippen LogP) is 5.37. The minimum atomic E-state index is -1.02. The highest BCUT2D eigenvalue weighted by atomic mass is 35.5. The van der Waals surface area contributed by atoms with Crippen molar-refractivity contribution >= 4 is 23.3 Å². The number of amides is 1. The first-order valence-electron chi connectivity index (χ1n) is 9.45. The molecule has 0 bridgehead atoms. The molecular formula is C23H28ClNO3. The van der Waals surface area contributed by atoms with Crippen LogP contribution in [-0.2, 0) is 4.79 Å². The number of halogens is 1. The lowest BCUT2D eigenvalue weighted by Crippen LogP contribution is -2.53. The zero-order chi connectivity index (χ0) is 21.1. The van der Waals surface area contributed by atoms with Crippen molar-refractivity contribution in [1.82, 2.24) is 4.90 Å². The largest absolute Gasteiger partial charge is 0.478 e. The monoisotopic (exact) mass is 401 g/mol. The van der Waals surface area contributed by atoms with Gasteiger partial charge < -0.3 is 9.64 Å². The fourth-order valence-electron chi connectivity index (χ4n) is 3.16. The van der Waals surface area contributed by atoms with Crippen LogP contribution in [-0.4, -0.2) is 34.3 Å². The molecule has 0 aliphatic heterocycles. The lowest BCUT2D eigenvalue weighted by atomic mass is 10.0. The first-order chi connectivity index (χ1) is 13.0. The second-order valence-corrected chi connectivity index (χ2v) is 8.31. The van der Waals surface area contributed by atoms with E-state index in [-0.39, 0.29) is 23.8 Å². The number of rotatable bonds is 7. The molecule has 150 valence electrons. The van der Waals surface area contributed by atoms with Crippen molar-refractivity contribution in [2.75, 3.05) is 0 Å². The van der Waals surface area contributed by atoms with Crippen LogP contribution in [0.15, 0.2) is 48.5 Å². The number of nitrogens with zero attached hydrogens (tertiary/aromatic N) is 1. The van der Waals surface area contributed by atoms with Gasteiger partial charge in [0, 0.05) is 28.2 Å². The number of benzene rings is 2. The number of hydrogen-bond acceptors (Lipinski definition) is 3. The smallest absolute Gasteiger partial charge is 0.266 e.